The van der Waals surface area contributed by atoms with Gasteiger partial charge in [-0.2, -0.15) is 0 Å². The molecule has 0 aliphatic heterocycles. The van der Waals surface area contributed by atoms with Gasteiger partial charge in [-0.25, -0.2) is 0 Å². The molecule has 0 spiro atoms. The minimum atomic E-state index is 0.800. The van der Waals surface area contributed by atoms with Crippen molar-refractivity contribution in [3.63, 3.8) is 0 Å². The van der Waals surface area contributed by atoms with Crippen molar-refractivity contribution in [1.82, 2.24) is 0 Å². The van der Waals surface area contributed by atoms with E-state index in [1.54, 1.807) is 5.92 Å². The summed E-state index contributed by atoms with van der Waals surface area (Å²) in [5.41, 5.74) is 0. The smallest absolute Gasteiger partial charge is 0.0236 e. The van der Waals surface area contributed by atoms with Crippen LogP contribution < -0.4 is 0 Å². The van der Waals surface area contributed by atoms with E-state index in [9.17, 15) is 0 Å². The summed E-state index contributed by atoms with van der Waals surface area (Å²) in [6.07, 6.45) is 5.38. The summed E-state index contributed by atoms with van der Waals surface area (Å²) >= 11 is 0. The van der Waals surface area contributed by atoms with Crippen molar-refractivity contribution >= 4 is 0 Å². The standard InChI is InChI=1S/C16H33/c1-8-9-14(6)16(13(4)5)15(7)11-10-12(2)3/h12-14,16H,8-11H2,1-7H3. The molecule has 0 saturated heterocycles. The third-order valence-corrected chi connectivity index (χ3v) is 3.76. The van der Waals surface area contributed by atoms with Crippen molar-refractivity contribution in [3.05, 3.63) is 5.92 Å². The number of hydrogen-bond donors (Lipinski definition) is 0. The molecule has 0 nitrogen and oxygen atoms in total. The lowest BCUT2D eigenvalue weighted by molar-refractivity contribution is 0.257. The second-order valence-corrected chi connectivity index (χ2v) is 6.31. The molecule has 0 amide bonds. The zero-order chi connectivity index (χ0) is 12.7. The van der Waals surface area contributed by atoms with Gasteiger partial charge in [0.05, 0.1) is 0 Å². The van der Waals surface area contributed by atoms with E-state index in [1.165, 1.54) is 25.7 Å². The monoisotopic (exact) mass is 225 g/mol. The summed E-state index contributed by atoms with van der Waals surface area (Å²) in [7, 11) is 0. The Morgan fingerprint density at radius 3 is 1.88 bits per heavy atom. The van der Waals surface area contributed by atoms with Crippen molar-refractivity contribution in [2.24, 2.45) is 23.7 Å². The first-order valence-corrected chi connectivity index (χ1v) is 7.22. The molecule has 0 rings (SSSR count). The maximum atomic E-state index is 2.44. The number of hydrogen-bond acceptors (Lipinski definition) is 0. The lowest BCUT2D eigenvalue weighted by Gasteiger charge is -2.33. The fraction of sp³-hybridized carbons (Fsp3) is 0.938. The summed E-state index contributed by atoms with van der Waals surface area (Å²) in [4.78, 5) is 0. The van der Waals surface area contributed by atoms with Crippen LogP contribution in [0.4, 0.5) is 0 Å². The van der Waals surface area contributed by atoms with E-state index in [0.29, 0.717) is 0 Å². The topological polar surface area (TPSA) is 0 Å². The van der Waals surface area contributed by atoms with Gasteiger partial charge in [0.1, 0.15) is 0 Å². The molecule has 0 N–H and O–H groups in total. The van der Waals surface area contributed by atoms with Crippen LogP contribution in [0.1, 0.15) is 74.1 Å². The molecular formula is C16H33. The molecule has 0 bridgehead atoms. The zero-order valence-electron chi connectivity index (χ0n) is 12.6. The summed E-state index contributed by atoms with van der Waals surface area (Å²) in [6.45, 7) is 16.6. The van der Waals surface area contributed by atoms with Crippen LogP contribution in [0.2, 0.25) is 0 Å². The van der Waals surface area contributed by atoms with Gasteiger partial charge in [0.25, 0.3) is 0 Å². The van der Waals surface area contributed by atoms with Crippen LogP contribution in [0.3, 0.4) is 0 Å². The van der Waals surface area contributed by atoms with Crippen LogP contribution in [0.15, 0.2) is 0 Å². The molecule has 0 aliphatic carbocycles. The van der Waals surface area contributed by atoms with E-state index >= 15 is 0 Å². The highest BCUT2D eigenvalue weighted by molar-refractivity contribution is 4.95. The fourth-order valence-electron chi connectivity index (χ4n) is 3.03. The van der Waals surface area contributed by atoms with Crippen molar-refractivity contribution in [1.29, 1.82) is 0 Å². The summed E-state index contributed by atoms with van der Waals surface area (Å²) in [5.74, 6) is 5.07. The fourth-order valence-corrected chi connectivity index (χ4v) is 3.03. The molecule has 1 radical (unpaired) electrons. The van der Waals surface area contributed by atoms with Gasteiger partial charge in [0, 0.05) is 0 Å². The first-order chi connectivity index (χ1) is 7.40. The first-order valence-electron chi connectivity index (χ1n) is 7.22. The van der Waals surface area contributed by atoms with E-state index in [1.807, 2.05) is 0 Å². The molecule has 0 aromatic carbocycles. The van der Waals surface area contributed by atoms with Crippen LogP contribution in [0.5, 0.6) is 0 Å². The molecule has 2 atom stereocenters. The van der Waals surface area contributed by atoms with Gasteiger partial charge in [-0.05, 0) is 36.0 Å². The molecule has 0 saturated carbocycles. The lowest BCUT2D eigenvalue weighted by atomic mass is 9.72. The molecule has 0 fully saturated rings. The summed E-state index contributed by atoms with van der Waals surface area (Å²) < 4.78 is 0. The Hall–Kier alpha value is 0. The Bertz CT molecular complexity index is 157. The molecular weight excluding hydrogens is 192 g/mol. The van der Waals surface area contributed by atoms with E-state index in [0.717, 1.165) is 23.7 Å². The first kappa shape index (κ1) is 16.0. The second-order valence-electron chi connectivity index (χ2n) is 6.31. The van der Waals surface area contributed by atoms with E-state index < -0.39 is 0 Å². The SMILES string of the molecule is CCCC(C)C([C](C)CCC(C)C)C(C)C. The lowest BCUT2D eigenvalue weighted by Crippen LogP contribution is -2.24. The van der Waals surface area contributed by atoms with Gasteiger partial charge >= 0.3 is 0 Å². The highest BCUT2D eigenvalue weighted by Crippen LogP contribution is 2.35. The van der Waals surface area contributed by atoms with Gasteiger partial charge in [-0.1, -0.05) is 67.7 Å². The van der Waals surface area contributed by atoms with Gasteiger partial charge in [0.2, 0.25) is 0 Å². The van der Waals surface area contributed by atoms with E-state index in [2.05, 4.69) is 48.5 Å². The minimum absolute atomic E-state index is 0.800. The second kappa shape index (κ2) is 8.14. The highest BCUT2D eigenvalue weighted by atomic mass is 14.3. The normalized spacial score (nSPS) is 16.1. The van der Waals surface area contributed by atoms with E-state index in [4.69, 9.17) is 0 Å². The largest absolute Gasteiger partial charge is 0.0654 e. The zero-order valence-corrected chi connectivity index (χ0v) is 12.6. The van der Waals surface area contributed by atoms with Crippen LogP contribution in [-0.2, 0) is 0 Å². The molecule has 0 heterocycles. The van der Waals surface area contributed by atoms with Gasteiger partial charge in [-0.3, -0.25) is 0 Å². The van der Waals surface area contributed by atoms with Crippen molar-refractivity contribution in [3.8, 4) is 0 Å². The third-order valence-electron chi connectivity index (χ3n) is 3.76. The van der Waals surface area contributed by atoms with E-state index in [-0.39, 0.29) is 0 Å². The predicted octanol–water partition coefficient (Wildman–Crippen LogP) is 5.73. The summed E-state index contributed by atoms with van der Waals surface area (Å²) in [5, 5.41) is 0. The molecule has 0 heteroatoms. The average Bonchev–Trinajstić information content (AvgIpc) is 2.14. The molecule has 2 unspecified atom stereocenters. The predicted molar refractivity (Wildman–Crippen MR) is 75.4 cm³/mol. The molecule has 97 valence electrons. The highest BCUT2D eigenvalue weighted by Gasteiger charge is 2.26. The van der Waals surface area contributed by atoms with Crippen molar-refractivity contribution in [2.75, 3.05) is 0 Å². The van der Waals surface area contributed by atoms with Gasteiger partial charge in [-0.15, -0.1) is 0 Å². The Balaban J connectivity index is 4.28. The minimum Gasteiger partial charge on any atom is -0.0654 e. The maximum absolute atomic E-state index is 2.44. The molecule has 0 aromatic heterocycles. The van der Waals surface area contributed by atoms with Crippen LogP contribution >= 0.6 is 0 Å². The van der Waals surface area contributed by atoms with Crippen LogP contribution in [0.25, 0.3) is 0 Å². The van der Waals surface area contributed by atoms with Crippen molar-refractivity contribution in [2.45, 2.75) is 74.1 Å². The Morgan fingerprint density at radius 2 is 1.50 bits per heavy atom. The van der Waals surface area contributed by atoms with Crippen LogP contribution in [0, 0.1) is 29.6 Å². The number of rotatable bonds is 8. The average molecular weight is 225 g/mol. The molecule has 16 heavy (non-hydrogen) atoms. The third kappa shape index (κ3) is 5.92. The molecule has 0 aromatic rings. The maximum Gasteiger partial charge on any atom is -0.0236 e. The quantitative estimate of drug-likeness (QED) is 0.495. The molecule has 0 aliphatic rings. The Labute approximate surface area is 104 Å². The Kier molecular flexibility index (Phi) is 8.14. The Morgan fingerprint density at radius 1 is 0.938 bits per heavy atom. The van der Waals surface area contributed by atoms with Crippen LogP contribution in [-0.4, -0.2) is 0 Å². The van der Waals surface area contributed by atoms with Gasteiger partial charge < -0.3 is 0 Å². The van der Waals surface area contributed by atoms with Crippen molar-refractivity contribution < 1.29 is 0 Å². The summed E-state index contributed by atoms with van der Waals surface area (Å²) in [6, 6.07) is 0. The van der Waals surface area contributed by atoms with Gasteiger partial charge in [0.15, 0.2) is 0 Å².